The van der Waals surface area contributed by atoms with Crippen LogP contribution in [0.1, 0.15) is 12.8 Å². The van der Waals surface area contributed by atoms with Crippen LogP contribution in [0.4, 0.5) is 4.79 Å². The van der Waals surface area contributed by atoms with E-state index in [1.165, 1.54) is 4.90 Å². The molecule has 0 spiro atoms. The largest absolute Gasteiger partial charge is 0.465 e. The molecule has 0 aliphatic carbocycles. The van der Waals surface area contributed by atoms with Crippen LogP contribution in [0.3, 0.4) is 0 Å². The van der Waals surface area contributed by atoms with Gasteiger partial charge >= 0.3 is 6.09 Å². The Labute approximate surface area is 75.6 Å². The lowest BCUT2D eigenvalue weighted by atomic mass is 9.98. The minimum Gasteiger partial charge on any atom is -0.465 e. The topological polar surface area (TPSA) is 99.2 Å². The zero-order valence-electron chi connectivity index (χ0n) is 7.13. The molecule has 1 saturated heterocycles. The molecule has 1 heterocycles. The van der Waals surface area contributed by atoms with Crippen LogP contribution in [-0.4, -0.2) is 46.1 Å². The molecule has 0 aromatic carbocycles. The predicted molar refractivity (Wildman–Crippen MR) is 46.0 cm³/mol. The molecule has 1 aliphatic heterocycles. The highest BCUT2D eigenvalue weighted by atomic mass is 16.4. The van der Waals surface area contributed by atoms with Gasteiger partial charge in [0.15, 0.2) is 0 Å². The molecule has 0 bridgehead atoms. The summed E-state index contributed by atoms with van der Waals surface area (Å²) < 4.78 is 0. The van der Waals surface area contributed by atoms with E-state index in [-0.39, 0.29) is 6.04 Å². The lowest BCUT2D eigenvalue weighted by Crippen LogP contribution is -2.54. The van der Waals surface area contributed by atoms with Crippen LogP contribution in [-0.2, 0) is 0 Å². The second kappa shape index (κ2) is 4.08. The van der Waals surface area contributed by atoms with E-state index in [1.54, 1.807) is 0 Å². The summed E-state index contributed by atoms with van der Waals surface area (Å²) >= 11 is 0. The molecule has 0 aromatic heterocycles. The van der Waals surface area contributed by atoms with Gasteiger partial charge < -0.3 is 16.0 Å². The van der Waals surface area contributed by atoms with E-state index >= 15 is 0 Å². The average Bonchev–Trinajstić information content (AvgIpc) is 2.08. The van der Waals surface area contributed by atoms with Crippen molar-refractivity contribution in [1.29, 1.82) is 0 Å². The van der Waals surface area contributed by atoms with Crippen molar-refractivity contribution >= 4 is 12.3 Å². The van der Waals surface area contributed by atoms with Crippen LogP contribution in [0.2, 0.25) is 0 Å². The molecule has 1 aliphatic rings. The van der Waals surface area contributed by atoms with E-state index in [2.05, 4.69) is 5.16 Å². The number of hydrogen-bond acceptors (Lipinski definition) is 4. The Bertz CT molecular complexity index is 219. The van der Waals surface area contributed by atoms with Crippen LogP contribution in [0.25, 0.3) is 0 Å². The number of nitrogens with two attached hydrogens (primary N) is 1. The molecule has 0 saturated carbocycles. The Kier molecular flexibility index (Phi) is 3.07. The van der Waals surface area contributed by atoms with Crippen molar-refractivity contribution in [2.75, 3.05) is 6.54 Å². The standard InChI is InChI=1S/C7H13N3O3/c8-5-2-1-3-10(7(11)12)6(5)4-9-13/h4-6,13H,1-3,8H2,(H,11,12). The normalized spacial score (nSPS) is 29.5. The van der Waals surface area contributed by atoms with Gasteiger partial charge in [-0.05, 0) is 12.8 Å². The number of nitrogens with zero attached hydrogens (tertiary/aromatic N) is 2. The summed E-state index contributed by atoms with van der Waals surface area (Å²) in [6, 6.07) is -0.781. The second-order valence-corrected chi connectivity index (χ2v) is 3.04. The lowest BCUT2D eigenvalue weighted by Gasteiger charge is -2.35. The number of hydrogen-bond donors (Lipinski definition) is 3. The van der Waals surface area contributed by atoms with Gasteiger partial charge in [0.05, 0.1) is 12.3 Å². The Balaban J connectivity index is 2.73. The van der Waals surface area contributed by atoms with Crippen LogP contribution >= 0.6 is 0 Å². The summed E-state index contributed by atoms with van der Waals surface area (Å²) in [6.07, 6.45) is 1.64. The van der Waals surface area contributed by atoms with Crippen LogP contribution in [0.5, 0.6) is 0 Å². The van der Waals surface area contributed by atoms with Crippen LogP contribution in [0.15, 0.2) is 5.16 Å². The van der Waals surface area contributed by atoms with Gasteiger partial charge in [-0.2, -0.15) is 0 Å². The zero-order valence-corrected chi connectivity index (χ0v) is 7.13. The molecule has 2 atom stereocenters. The molecule has 0 radical (unpaired) electrons. The molecule has 6 nitrogen and oxygen atoms in total. The molecule has 6 heteroatoms. The third-order valence-electron chi connectivity index (χ3n) is 2.20. The molecule has 4 N–H and O–H groups in total. The first-order valence-corrected chi connectivity index (χ1v) is 4.09. The number of piperidine rings is 1. The van der Waals surface area contributed by atoms with E-state index < -0.39 is 12.1 Å². The van der Waals surface area contributed by atoms with Gasteiger partial charge in [0.1, 0.15) is 0 Å². The third kappa shape index (κ3) is 2.09. The maximum Gasteiger partial charge on any atom is 0.407 e. The highest BCUT2D eigenvalue weighted by Gasteiger charge is 2.30. The number of carboxylic acid groups (broad SMARTS) is 1. The Morgan fingerprint density at radius 1 is 1.69 bits per heavy atom. The van der Waals surface area contributed by atoms with Crippen molar-refractivity contribution in [3.8, 4) is 0 Å². The first kappa shape index (κ1) is 9.79. The highest BCUT2D eigenvalue weighted by Crippen LogP contribution is 2.14. The third-order valence-corrected chi connectivity index (χ3v) is 2.20. The summed E-state index contributed by atoms with van der Waals surface area (Å²) in [5.74, 6) is 0. The summed E-state index contributed by atoms with van der Waals surface area (Å²) in [5, 5.41) is 19.9. The van der Waals surface area contributed by atoms with Gasteiger partial charge in [0.2, 0.25) is 0 Å². The van der Waals surface area contributed by atoms with Crippen molar-refractivity contribution in [2.24, 2.45) is 10.9 Å². The maximum atomic E-state index is 10.7. The van der Waals surface area contributed by atoms with E-state index in [0.717, 1.165) is 19.1 Å². The van der Waals surface area contributed by atoms with E-state index in [9.17, 15) is 4.79 Å². The highest BCUT2D eigenvalue weighted by molar-refractivity contribution is 5.74. The molecular formula is C7H13N3O3. The summed E-state index contributed by atoms with van der Waals surface area (Å²) in [4.78, 5) is 11.9. The SMILES string of the molecule is NC1CCCN(C(=O)O)C1C=NO. The lowest BCUT2D eigenvalue weighted by molar-refractivity contribution is 0.118. The van der Waals surface area contributed by atoms with Gasteiger partial charge in [0.25, 0.3) is 0 Å². The fraction of sp³-hybridized carbons (Fsp3) is 0.714. The molecule has 1 rings (SSSR count). The number of likely N-dealkylation sites (tertiary alicyclic amines) is 1. The van der Waals surface area contributed by atoms with E-state index in [4.69, 9.17) is 16.0 Å². The molecule has 1 amide bonds. The fourth-order valence-electron chi connectivity index (χ4n) is 1.53. The number of carbonyl (C=O) groups is 1. The maximum absolute atomic E-state index is 10.7. The zero-order chi connectivity index (χ0) is 9.84. The second-order valence-electron chi connectivity index (χ2n) is 3.04. The molecule has 74 valence electrons. The van der Waals surface area contributed by atoms with Gasteiger partial charge in [0, 0.05) is 12.6 Å². The van der Waals surface area contributed by atoms with Gasteiger partial charge in [-0.25, -0.2) is 4.79 Å². The molecular weight excluding hydrogens is 174 g/mol. The van der Waals surface area contributed by atoms with Crippen LogP contribution in [0, 0.1) is 0 Å². The smallest absolute Gasteiger partial charge is 0.407 e. The molecule has 0 aromatic rings. The van der Waals surface area contributed by atoms with Crippen LogP contribution < -0.4 is 5.73 Å². The van der Waals surface area contributed by atoms with Gasteiger partial charge in [-0.1, -0.05) is 5.16 Å². The van der Waals surface area contributed by atoms with Crippen molar-refractivity contribution in [3.63, 3.8) is 0 Å². The van der Waals surface area contributed by atoms with Crippen molar-refractivity contribution in [1.82, 2.24) is 4.90 Å². The monoisotopic (exact) mass is 187 g/mol. The Morgan fingerprint density at radius 3 is 2.92 bits per heavy atom. The number of rotatable bonds is 1. The number of oxime groups is 1. The first-order valence-electron chi connectivity index (χ1n) is 4.09. The van der Waals surface area contributed by atoms with E-state index in [0.29, 0.717) is 6.54 Å². The summed E-state index contributed by atoms with van der Waals surface area (Å²) in [7, 11) is 0. The van der Waals surface area contributed by atoms with Crippen molar-refractivity contribution in [2.45, 2.75) is 24.9 Å². The quantitative estimate of drug-likeness (QED) is 0.303. The van der Waals surface area contributed by atoms with E-state index in [1.807, 2.05) is 0 Å². The van der Waals surface area contributed by atoms with Gasteiger partial charge in [-0.3, -0.25) is 4.90 Å². The number of amides is 1. The molecule has 13 heavy (non-hydrogen) atoms. The first-order chi connectivity index (χ1) is 6.16. The van der Waals surface area contributed by atoms with Gasteiger partial charge in [-0.15, -0.1) is 0 Å². The minimum absolute atomic E-state index is 0.277. The molecule has 1 fully saturated rings. The Hall–Kier alpha value is -1.30. The average molecular weight is 187 g/mol. The molecule has 2 unspecified atom stereocenters. The summed E-state index contributed by atoms with van der Waals surface area (Å²) in [5.41, 5.74) is 5.69. The summed E-state index contributed by atoms with van der Waals surface area (Å²) in [6.45, 7) is 0.444. The minimum atomic E-state index is -1.03. The Morgan fingerprint density at radius 2 is 2.38 bits per heavy atom. The van der Waals surface area contributed by atoms with Crippen molar-refractivity contribution < 1.29 is 15.1 Å². The fourth-order valence-corrected chi connectivity index (χ4v) is 1.53. The predicted octanol–water partition coefficient (Wildman–Crippen LogP) is -0.0839. The van der Waals surface area contributed by atoms with Crippen molar-refractivity contribution in [3.05, 3.63) is 0 Å².